The van der Waals surface area contributed by atoms with Gasteiger partial charge < -0.3 is 56.3 Å². The molecule has 2 fully saturated rings. The number of esters is 2. The molecule has 0 saturated heterocycles. The molecule has 2 aromatic carbocycles. The summed E-state index contributed by atoms with van der Waals surface area (Å²) in [6.07, 6.45) is -0.661. The normalized spacial score (nSPS) is 20.5. The van der Waals surface area contributed by atoms with Gasteiger partial charge in [-0.2, -0.15) is 0 Å². The van der Waals surface area contributed by atoms with Crippen molar-refractivity contribution in [1.29, 1.82) is 0 Å². The Morgan fingerprint density at radius 1 is 0.662 bits per heavy atom. The highest BCUT2D eigenvalue weighted by Crippen LogP contribution is 2.34. The molecule has 0 aromatic heterocycles. The summed E-state index contributed by atoms with van der Waals surface area (Å²) in [5.74, 6) is 19.7. The predicted molar refractivity (Wildman–Crippen MR) is 240 cm³/mol. The van der Waals surface area contributed by atoms with Gasteiger partial charge in [-0.1, -0.05) is 23.7 Å². The molecule has 2 aromatic rings. The molecule has 9 N–H and O–H groups in total. The minimum Gasteiger partial charge on any atom is -0.467 e. The zero-order chi connectivity index (χ0) is 48.7. The van der Waals surface area contributed by atoms with Gasteiger partial charge in [0.1, 0.15) is 17.7 Å². The van der Waals surface area contributed by atoms with Crippen LogP contribution in [0.4, 0.5) is 4.79 Å². The van der Waals surface area contributed by atoms with Gasteiger partial charge in [-0.25, -0.2) is 14.4 Å². The van der Waals surface area contributed by atoms with E-state index in [0.717, 1.165) is 0 Å². The number of carbonyl (C=O) groups excluding carboxylic acids is 5. The lowest BCUT2D eigenvalue weighted by Gasteiger charge is -2.37. The molecule has 2 saturated carbocycles. The smallest absolute Gasteiger partial charge is 0.408 e. The summed E-state index contributed by atoms with van der Waals surface area (Å²) < 4.78 is 14.8. The van der Waals surface area contributed by atoms with Gasteiger partial charge in [0, 0.05) is 64.7 Å². The zero-order valence-corrected chi connectivity index (χ0v) is 38.2. The molecule has 16 nitrogen and oxygen atoms in total. The number of carbonyl (C=O) groups is 5. The summed E-state index contributed by atoms with van der Waals surface area (Å²) in [6.45, 7) is 11.3. The van der Waals surface area contributed by atoms with Crippen LogP contribution < -0.4 is 21.7 Å². The Kier molecular flexibility index (Phi) is 19.2. The summed E-state index contributed by atoms with van der Waals surface area (Å²) in [5.41, 5.74) is 4.96. The molecule has 0 spiro atoms. The summed E-state index contributed by atoms with van der Waals surface area (Å²) >= 11 is 0. The van der Waals surface area contributed by atoms with Gasteiger partial charge in [-0.15, -0.1) is 0 Å². The van der Waals surface area contributed by atoms with Crippen LogP contribution in [-0.2, 0) is 23.8 Å². The summed E-state index contributed by atoms with van der Waals surface area (Å²) in [5, 5.41) is 45.2. The number of nitrogens with two attached hydrogens (primary N) is 1. The standard InChI is InChI=1S/C27H34N2O7.C22H26N2O5/c1-26(2,3)36-25(34)29-27(4,5)22(24(33)35-6)28-23(32)18-13-11-17(12-14-18)9-7-8-10-19-15-21(31)20(19)16-30;1-22(2,23)19(21(28)29-3)24-20(27)15-10-8-14(9-11-15)6-4-5-7-16-12-18(26)17(16)13-25/h11-14,19-22,30-31H,15-16H2,1-6H3,(H,28,32)(H,29,34);8-11,16-19,25-26H,12-13,23H2,1-3H3,(H,24,27)/t19-,20+,21?,22+;16-,17+,18?,19+/m00/s1. The van der Waals surface area contributed by atoms with Crippen LogP contribution in [0.15, 0.2) is 48.5 Å². The number of amides is 3. The first kappa shape index (κ1) is 53.0. The average Bonchev–Trinajstić information content (AvgIpc) is 3.22. The van der Waals surface area contributed by atoms with Gasteiger partial charge in [0.25, 0.3) is 11.8 Å². The fraction of sp³-hybridized carbons (Fsp3) is 0.490. The number of hydrogen-bond acceptors (Lipinski definition) is 13. The number of rotatable bonds is 11. The van der Waals surface area contributed by atoms with Crippen molar-refractivity contribution < 1.29 is 58.6 Å². The van der Waals surface area contributed by atoms with Crippen LogP contribution in [0.1, 0.15) is 93.2 Å². The largest absolute Gasteiger partial charge is 0.467 e. The molecule has 8 atom stereocenters. The molecule has 4 rings (SSSR count). The minimum atomic E-state index is -1.22. The third-order valence-corrected chi connectivity index (χ3v) is 10.5. The predicted octanol–water partition coefficient (Wildman–Crippen LogP) is 1.65. The van der Waals surface area contributed by atoms with Gasteiger partial charge in [0.15, 0.2) is 0 Å². The van der Waals surface area contributed by atoms with Gasteiger partial charge in [0.2, 0.25) is 0 Å². The van der Waals surface area contributed by atoms with E-state index in [1.807, 2.05) is 0 Å². The molecule has 3 amide bonds. The van der Waals surface area contributed by atoms with Crippen molar-refractivity contribution in [3.63, 3.8) is 0 Å². The van der Waals surface area contributed by atoms with Gasteiger partial charge in [-0.05, 0) is 134 Å². The highest BCUT2D eigenvalue weighted by atomic mass is 16.6. The van der Waals surface area contributed by atoms with E-state index in [-0.39, 0.29) is 42.4 Å². The lowest BCUT2D eigenvalue weighted by molar-refractivity contribution is -0.145. The third kappa shape index (κ3) is 16.0. The van der Waals surface area contributed by atoms with E-state index in [2.05, 4.69) is 63.3 Å². The van der Waals surface area contributed by atoms with Crippen molar-refractivity contribution in [2.45, 2.75) is 102 Å². The summed E-state index contributed by atoms with van der Waals surface area (Å²) in [4.78, 5) is 61.8. The van der Waals surface area contributed by atoms with E-state index in [4.69, 9.17) is 25.1 Å². The average molecular weight is 897 g/mol. The van der Waals surface area contributed by atoms with E-state index < -0.39 is 70.8 Å². The summed E-state index contributed by atoms with van der Waals surface area (Å²) in [6, 6.07) is 10.8. The molecule has 2 unspecified atom stereocenters. The SMILES string of the molecule is COC(=O)[C@@H](NC(=O)c1ccc(C#CC#C[C@H]2CC(O)[C@@H]2CO)cc1)C(C)(C)N.COC(=O)[C@@H](NC(=O)c1ccc(C#CC#C[C@H]2CC(O)[C@@H]2CO)cc1)C(C)(C)NC(=O)OC(C)(C)C. The topological polar surface area (TPSA) is 256 Å². The van der Waals surface area contributed by atoms with Gasteiger partial charge in [-0.3, -0.25) is 9.59 Å². The third-order valence-electron chi connectivity index (χ3n) is 10.5. The molecular formula is C49H60N4O12. The molecule has 65 heavy (non-hydrogen) atoms. The fourth-order valence-electron chi connectivity index (χ4n) is 6.45. The van der Waals surface area contributed by atoms with E-state index in [0.29, 0.717) is 29.5 Å². The Morgan fingerprint density at radius 2 is 1.05 bits per heavy atom. The lowest BCUT2D eigenvalue weighted by Crippen LogP contribution is -2.62. The maximum atomic E-state index is 12.8. The number of benzene rings is 2. The molecule has 16 heteroatoms. The van der Waals surface area contributed by atoms with Crippen LogP contribution in [0.3, 0.4) is 0 Å². The van der Waals surface area contributed by atoms with Crippen molar-refractivity contribution in [3.8, 4) is 47.4 Å². The van der Waals surface area contributed by atoms with E-state index in [1.54, 1.807) is 97.0 Å². The number of ether oxygens (including phenoxy) is 3. The Morgan fingerprint density at radius 3 is 1.38 bits per heavy atom. The van der Waals surface area contributed by atoms with Gasteiger partial charge in [0.05, 0.1) is 32.0 Å². The molecule has 0 bridgehead atoms. The molecular weight excluding hydrogens is 837 g/mol. The Bertz CT molecular complexity index is 2270. The quantitative estimate of drug-likeness (QED) is 0.0909. The Balaban J connectivity index is 0.000000353. The summed E-state index contributed by atoms with van der Waals surface area (Å²) in [7, 11) is 2.43. The maximum Gasteiger partial charge on any atom is 0.408 e. The molecule has 0 heterocycles. The maximum absolute atomic E-state index is 12.8. The first-order chi connectivity index (χ1) is 30.4. The van der Waals surface area contributed by atoms with Crippen molar-refractivity contribution in [2.75, 3.05) is 27.4 Å². The monoisotopic (exact) mass is 896 g/mol. The number of aliphatic hydroxyl groups is 4. The Labute approximate surface area is 380 Å². The second-order valence-electron chi connectivity index (χ2n) is 17.7. The number of aliphatic hydroxyl groups excluding tert-OH is 4. The molecule has 0 aliphatic heterocycles. The molecule has 2 aliphatic rings. The van der Waals surface area contributed by atoms with Crippen LogP contribution in [0, 0.1) is 71.0 Å². The zero-order valence-electron chi connectivity index (χ0n) is 38.2. The second-order valence-corrected chi connectivity index (χ2v) is 17.7. The van der Waals surface area contributed by atoms with E-state index in [1.165, 1.54) is 14.2 Å². The highest BCUT2D eigenvalue weighted by Gasteiger charge is 2.41. The van der Waals surface area contributed by atoms with Crippen LogP contribution in [0.25, 0.3) is 0 Å². The molecule has 0 radical (unpaired) electrons. The minimum absolute atomic E-state index is 0.0371. The number of alkyl carbamates (subject to hydrolysis) is 1. The fourth-order valence-corrected chi connectivity index (χ4v) is 6.45. The van der Waals surface area contributed by atoms with E-state index in [9.17, 15) is 39.3 Å². The number of nitrogens with one attached hydrogen (secondary N) is 3. The van der Waals surface area contributed by atoms with Crippen molar-refractivity contribution in [1.82, 2.24) is 16.0 Å². The van der Waals surface area contributed by atoms with Crippen LogP contribution in [0.5, 0.6) is 0 Å². The number of hydrogen-bond donors (Lipinski definition) is 8. The van der Waals surface area contributed by atoms with Crippen molar-refractivity contribution >= 4 is 29.8 Å². The second kappa shape index (κ2) is 23.5. The van der Waals surface area contributed by atoms with E-state index >= 15 is 0 Å². The first-order valence-corrected chi connectivity index (χ1v) is 20.8. The van der Waals surface area contributed by atoms with Crippen LogP contribution in [0.2, 0.25) is 0 Å². The Hall–Kier alpha value is -6.37. The lowest BCUT2D eigenvalue weighted by atomic mass is 9.72. The van der Waals surface area contributed by atoms with Crippen molar-refractivity contribution in [3.05, 3.63) is 70.8 Å². The molecule has 348 valence electrons. The van der Waals surface area contributed by atoms with Gasteiger partial charge >= 0.3 is 18.0 Å². The van der Waals surface area contributed by atoms with Crippen molar-refractivity contribution in [2.24, 2.45) is 29.4 Å². The van der Waals surface area contributed by atoms with Crippen LogP contribution in [-0.4, -0.2) is 119 Å². The number of methoxy groups -OCH3 is 2. The molecule has 2 aliphatic carbocycles. The van der Waals surface area contributed by atoms with Crippen LogP contribution >= 0.6 is 0 Å². The first-order valence-electron chi connectivity index (χ1n) is 20.8. The highest BCUT2D eigenvalue weighted by molar-refractivity contribution is 5.98.